The van der Waals surface area contributed by atoms with Gasteiger partial charge in [-0.1, -0.05) is 30.3 Å². The SMILES string of the molecule is O=C1OC(O)=C[C@H]1Cc1ccccc1. The van der Waals surface area contributed by atoms with Crippen LogP contribution in [0.1, 0.15) is 5.56 Å². The third kappa shape index (κ3) is 1.76. The Morgan fingerprint density at radius 1 is 1.29 bits per heavy atom. The van der Waals surface area contributed by atoms with Crippen LogP contribution in [0.3, 0.4) is 0 Å². The standard InChI is InChI=1S/C11H10O3/c12-10-7-9(11(13)14-10)6-8-4-2-1-3-5-8/h1-5,7,9,12H,6H2/t9-/m1/s1. The maximum absolute atomic E-state index is 11.2. The number of esters is 1. The fourth-order valence-electron chi connectivity index (χ4n) is 1.46. The largest absolute Gasteiger partial charge is 0.481 e. The summed E-state index contributed by atoms with van der Waals surface area (Å²) in [6, 6.07) is 9.63. The van der Waals surface area contributed by atoms with E-state index >= 15 is 0 Å². The molecule has 0 bridgehead atoms. The van der Waals surface area contributed by atoms with Gasteiger partial charge in [0.15, 0.2) is 0 Å². The Labute approximate surface area is 81.6 Å². The van der Waals surface area contributed by atoms with Crippen molar-refractivity contribution in [2.75, 3.05) is 0 Å². The minimum Gasteiger partial charge on any atom is -0.481 e. The zero-order chi connectivity index (χ0) is 9.97. The van der Waals surface area contributed by atoms with Crippen molar-refractivity contribution in [2.45, 2.75) is 6.42 Å². The second-order valence-electron chi connectivity index (χ2n) is 3.22. The topological polar surface area (TPSA) is 46.5 Å². The van der Waals surface area contributed by atoms with Crippen LogP contribution in [0.4, 0.5) is 0 Å². The Bertz CT molecular complexity index is 367. The van der Waals surface area contributed by atoms with Gasteiger partial charge in [0.25, 0.3) is 5.95 Å². The molecule has 72 valence electrons. The Hall–Kier alpha value is -1.77. The highest BCUT2D eigenvalue weighted by atomic mass is 16.6. The van der Waals surface area contributed by atoms with Crippen molar-refractivity contribution < 1.29 is 14.6 Å². The van der Waals surface area contributed by atoms with E-state index < -0.39 is 0 Å². The maximum atomic E-state index is 11.2. The molecular formula is C11H10O3. The van der Waals surface area contributed by atoms with Crippen LogP contribution in [0.15, 0.2) is 42.4 Å². The second-order valence-corrected chi connectivity index (χ2v) is 3.22. The number of aliphatic hydroxyl groups excluding tert-OH is 1. The number of rotatable bonds is 2. The van der Waals surface area contributed by atoms with Crippen molar-refractivity contribution in [1.29, 1.82) is 0 Å². The van der Waals surface area contributed by atoms with E-state index in [1.807, 2.05) is 30.3 Å². The molecule has 0 saturated carbocycles. The number of hydrogen-bond donors (Lipinski definition) is 1. The lowest BCUT2D eigenvalue weighted by molar-refractivity contribution is -0.142. The van der Waals surface area contributed by atoms with Gasteiger partial charge in [0, 0.05) is 6.08 Å². The smallest absolute Gasteiger partial charge is 0.321 e. The number of ether oxygens (including phenoxy) is 1. The molecule has 1 aliphatic heterocycles. The molecule has 1 heterocycles. The van der Waals surface area contributed by atoms with Gasteiger partial charge in [-0.3, -0.25) is 4.79 Å². The second kappa shape index (κ2) is 3.54. The van der Waals surface area contributed by atoms with E-state index in [1.54, 1.807) is 0 Å². The number of cyclic esters (lactones) is 1. The van der Waals surface area contributed by atoms with Crippen LogP contribution >= 0.6 is 0 Å². The minimum absolute atomic E-state index is 0.282. The Morgan fingerprint density at radius 2 is 2.00 bits per heavy atom. The zero-order valence-corrected chi connectivity index (χ0v) is 7.51. The lowest BCUT2D eigenvalue weighted by Crippen LogP contribution is -2.11. The van der Waals surface area contributed by atoms with Crippen molar-refractivity contribution >= 4 is 5.97 Å². The number of carbonyl (C=O) groups is 1. The molecule has 1 atom stereocenters. The predicted octanol–water partition coefficient (Wildman–Crippen LogP) is 1.80. The molecule has 0 amide bonds. The highest BCUT2D eigenvalue weighted by molar-refractivity contribution is 5.78. The van der Waals surface area contributed by atoms with Crippen LogP contribution in [0.25, 0.3) is 0 Å². The van der Waals surface area contributed by atoms with Gasteiger partial charge < -0.3 is 9.84 Å². The van der Waals surface area contributed by atoms with Crippen LogP contribution in [0, 0.1) is 5.92 Å². The van der Waals surface area contributed by atoms with Crippen LogP contribution in [0.2, 0.25) is 0 Å². The van der Waals surface area contributed by atoms with Crippen molar-refractivity contribution in [3.05, 3.63) is 47.9 Å². The molecule has 3 nitrogen and oxygen atoms in total. The van der Waals surface area contributed by atoms with Gasteiger partial charge in [0.05, 0.1) is 5.92 Å². The van der Waals surface area contributed by atoms with Crippen LogP contribution in [0.5, 0.6) is 0 Å². The lowest BCUT2D eigenvalue weighted by Gasteiger charge is -2.03. The van der Waals surface area contributed by atoms with Gasteiger partial charge in [-0.15, -0.1) is 0 Å². The summed E-state index contributed by atoms with van der Waals surface area (Å²) < 4.78 is 4.52. The van der Waals surface area contributed by atoms with Crippen molar-refractivity contribution in [3.8, 4) is 0 Å². The Morgan fingerprint density at radius 3 is 2.57 bits per heavy atom. The predicted molar refractivity (Wildman–Crippen MR) is 50.4 cm³/mol. The summed E-state index contributed by atoms with van der Waals surface area (Å²) in [6.45, 7) is 0. The molecule has 14 heavy (non-hydrogen) atoms. The van der Waals surface area contributed by atoms with E-state index in [1.165, 1.54) is 6.08 Å². The van der Waals surface area contributed by atoms with E-state index in [9.17, 15) is 4.79 Å². The summed E-state index contributed by atoms with van der Waals surface area (Å²) in [5.41, 5.74) is 1.06. The number of carbonyl (C=O) groups excluding carboxylic acids is 1. The molecular weight excluding hydrogens is 180 g/mol. The molecule has 0 aromatic heterocycles. The molecule has 0 fully saturated rings. The zero-order valence-electron chi connectivity index (χ0n) is 7.51. The first-order chi connectivity index (χ1) is 6.75. The number of hydrogen-bond acceptors (Lipinski definition) is 3. The normalized spacial score (nSPS) is 20.4. The molecule has 0 unspecified atom stereocenters. The van der Waals surface area contributed by atoms with E-state index in [2.05, 4.69) is 4.74 Å². The first-order valence-electron chi connectivity index (χ1n) is 4.42. The fourth-order valence-corrected chi connectivity index (χ4v) is 1.46. The van der Waals surface area contributed by atoms with Crippen LogP contribution in [-0.2, 0) is 16.0 Å². The van der Waals surface area contributed by atoms with Crippen molar-refractivity contribution in [3.63, 3.8) is 0 Å². The number of benzene rings is 1. The maximum Gasteiger partial charge on any atom is 0.321 e. The average Bonchev–Trinajstić information content (AvgIpc) is 2.47. The molecule has 1 N–H and O–H groups in total. The molecule has 2 rings (SSSR count). The monoisotopic (exact) mass is 190 g/mol. The minimum atomic E-state index is -0.383. The molecule has 1 aromatic rings. The summed E-state index contributed by atoms with van der Waals surface area (Å²) in [5.74, 6) is -1.01. The highest BCUT2D eigenvalue weighted by Crippen LogP contribution is 2.19. The summed E-state index contributed by atoms with van der Waals surface area (Å²) in [7, 11) is 0. The summed E-state index contributed by atoms with van der Waals surface area (Å²) >= 11 is 0. The Kier molecular flexibility index (Phi) is 2.23. The first kappa shape index (κ1) is 8.81. The molecule has 0 aliphatic carbocycles. The van der Waals surface area contributed by atoms with E-state index in [4.69, 9.17) is 5.11 Å². The van der Waals surface area contributed by atoms with E-state index in [0.717, 1.165) is 5.56 Å². The summed E-state index contributed by atoms with van der Waals surface area (Å²) in [6.07, 6.45) is 2.01. The molecule has 3 heteroatoms. The third-order valence-corrected chi connectivity index (χ3v) is 2.15. The van der Waals surface area contributed by atoms with Crippen molar-refractivity contribution in [1.82, 2.24) is 0 Å². The molecule has 1 aromatic carbocycles. The van der Waals surface area contributed by atoms with Crippen LogP contribution < -0.4 is 0 Å². The molecule has 0 spiro atoms. The fraction of sp³-hybridized carbons (Fsp3) is 0.182. The molecule has 0 radical (unpaired) electrons. The van der Waals surface area contributed by atoms with Gasteiger partial charge in [0.1, 0.15) is 0 Å². The van der Waals surface area contributed by atoms with Gasteiger partial charge in [-0.2, -0.15) is 0 Å². The van der Waals surface area contributed by atoms with Gasteiger partial charge in [0.2, 0.25) is 0 Å². The van der Waals surface area contributed by atoms with Crippen LogP contribution in [-0.4, -0.2) is 11.1 Å². The summed E-state index contributed by atoms with van der Waals surface area (Å²) in [4.78, 5) is 11.2. The summed E-state index contributed by atoms with van der Waals surface area (Å²) in [5, 5.41) is 8.97. The third-order valence-electron chi connectivity index (χ3n) is 2.15. The van der Waals surface area contributed by atoms with E-state index in [-0.39, 0.29) is 17.8 Å². The Balaban J connectivity index is 2.09. The molecule has 0 saturated heterocycles. The van der Waals surface area contributed by atoms with Gasteiger partial charge >= 0.3 is 5.97 Å². The molecule has 1 aliphatic rings. The first-order valence-corrected chi connectivity index (χ1v) is 4.42. The lowest BCUT2D eigenvalue weighted by atomic mass is 10.0. The quantitative estimate of drug-likeness (QED) is 0.723. The van der Waals surface area contributed by atoms with Gasteiger partial charge in [-0.05, 0) is 12.0 Å². The van der Waals surface area contributed by atoms with Gasteiger partial charge in [-0.25, -0.2) is 0 Å². The number of aliphatic hydroxyl groups is 1. The highest BCUT2D eigenvalue weighted by Gasteiger charge is 2.26. The van der Waals surface area contributed by atoms with Crippen molar-refractivity contribution in [2.24, 2.45) is 5.92 Å². The van der Waals surface area contributed by atoms with E-state index in [0.29, 0.717) is 6.42 Å². The average molecular weight is 190 g/mol.